The first-order valence-electron chi connectivity index (χ1n) is 9.63. The van der Waals surface area contributed by atoms with Crippen LogP contribution in [0.1, 0.15) is 24.0 Å². The summed E-state index contributed by atoms with van der Waals surface area (Å²) >= 11 is 0. The monoisotopic (exact) mass is 396 g/mol. The Kier molecular flexibility index (Phi) is 5.35. The van der Waals surface area contributed by atoms with Gasteiger partial charge < -0.3 is 19.5 Å². The molecule has 1 aromatic carbocycles. The Hall–Kier alpha value is -3.13. The summed E-state index contributed by atoms with van der Waals surface area (Å²) < 4.78 is 11.8. The Balaban J connectivity index is 0.000000645. The van der Waals surface area contributed by atoms with Gasteiger partial charge in [-0.25, -0.2) is 4.98 Å². The number of pyridine rings is 1. The predicted octanol–water partition coefficient (Wildman–Crippen LogP) is 2.74. The lowest BCUT2D eigenvalue weighted by Crippen LogP contribution is -2.46. The number of nitrogens with zero attached hydrogens (tertiary/aromatic N) is 3. The molecule has 2 aliphatic heterocycles. The van der Waals surface area contributed by atoms with Gasteiger partial charge in [0.05, 0.1) is 36.6 Å². The first-order valence-corrected chi connectivity index (χ1v) is 9.63. The number of rotatable bonds is 2. The number of hydrogen-bond donors (Lipinski definition) is 2. The summed E-state index contributed by atoms with van der Waals surface area (Å²) in [5.74, 6) is 0.928. The Morgan fingerprint density at radius 2 is 2.10 bits per heavy atom. The van der Waals surface area contributed by atoms with E-state index in [0.717, 1.165) is 55.7 Å². The maximum Gasteiger partial charge on any atom is 0.290 e. The van der Waals surface area contributed by atoms with Crippen molar-refractivity contribution < 1.29 is 19.4 Å². The molecule has 1 spiro atoms. The van der Waals surface area contributed by atoms with E-state index in [1.165, 1.54) is 16.8 Å². The van der Waals surface area contributed by atoms with Gasteiger partial charge in [0.1, 0.15) is 5.75 Å². The van der Waals surface area contributed by atoms with Gasteiger partial charge >= 0.3 is 0 Å². The normalized spacial score (nSPS) is 17.3. The van der Waals surface area contributed by atoms with Crippen LogP contribution in [0.3, 0.4) is 0 Å². The third-order valence-corrected chi connectivity index (χ3v) is 5.80. The van der Waals surface area contributed by atoms with Crippen molar-refractivity contribution in [3.63, 3.8) is 0 Å². The maximum atomic E-state index is 8.36. The number of methoxy groups -OCH3 is 1. The number of aromatic nitrogens is 3. The third kappa shape index (κ3) is 3.51. The average Bonchev–Trinajstić information content (AvgIpc) is 3.24. The molecule has 0 radical (unpaired) electrons. The standard InChI is InChI=1S/C20H22N4O2.CH2O2/c1-25-15-2-3-17-14(12-15)5-11-26-20(17)6-9-24(10-7-20)18-4-8-21-19-16(18)13-22-23-19;2-1-3/h2-4,8,12-13H,5-7,9-11H2,1H3,(H,21,22,23);1H,(H,2,3). The first-order chi connectivity index (χ1) is 14.2. The van der Waals surface area contributed by atoms with Crippen LogP contribution in [-0.4, -0.2) is 53.6 Å². The van der Waals surface area contributed by atoms with Gasteiger partial charge in [-0.15, -0.1) is 0 Å². The predicted molar refractivity (Wildman–Crippen MR) is 108 cm³/mol. The molecule has 8 heteroatoms. The Bertz CT molecular complexity index is 995. The Labute approximate surface area is 168 Å². The highest BCUT2D eigenvalue weighted by molar-refractivity contribution is 5.88. The number of carboxylic acid groups (broad SMARTS) is 1. The molecule has 152 valence electrons. The minimum atomic E-state index is -0.250. The molecule has 0 aliphatic carbocycles. The SMILES string of the molecule is COc1ccc2c(c1)CCOC21CCN(c2ccnc3[nH]ncc23)CC1.O=CO. The van der Waals surface area contributed by atoms with Crippen molar-refractivity contribution in [1.29, 1.82) is 0 Å². The summed E-state index contributed by atoms with van der Waals surface area (Å²) in [6.45, 7) is 2.44. The van der Waals surface area contributed by atoms with Crippen LogP contribution < -0.4 is 9.64 Å². The Morgan fingerprint density at radius 3 is 2.86 bits per heavy atom. The lowest BCUT2D eigenvalue weighted by atomic mass is 9.79. The lowest BCUT2D eigenvalue weighted by Gasteiger charge is -2.45. The average molecular weight is 396 g/mol. The molecule has 4 heterocycles. The van der Waals surface area contributed by atoms with Gasteiger partial charge in [0, 0.05) is 19.3 Å². The molecule has 29 heavy (non-hydrogen) atoms. The summed E-state index contributed by atoms with van der Waals surface area (Å²) in [6, 6.07) is 8.50. The molecule has 2 aliphatic rings. The van der Waals surface area contributed by atoms with Crippen molar-refractivity contribution in [3.8, 4) is 5.75 Å². The number of piperidine rings is 1. The van der Waals surface area contributed by atoms with Crippen LogP contribution in [0, 0.1) is 0 Å². The van der Waals surface area contributed by atoms with Crippen molar-refractivity contribution in [2.45, 2.75) is 24.9 Å². The molecule has 0 bridgehead atoms. The maximum absolute atomic E-state index is 8.36. The van der Waals surface area contributed by atoms with Crippen LogP contribution in [0.15, 0.2) is 36.7 Å². The highest BCUT2D eigenvalue weighted by Gasteiger charge is 2.41. The van der Waals surface area contributed by atoms with Crippen LogP contribution >= 0.6 is 0 Å². The summed E-state index contributed by atoms with van der Waals surface area (Å²) in [6.07, 6.45) is 6.62. The van der Waals surface area contributed by atoms with E-state index in [1.807, 2.05) is 12.4 Å². The smallest absolute Gasteiger partial charge is 0.290 e. The second-order valence-electron chi connectivity index (χ2n) is 7.17. The quantitative estimate of drug-likeness (QED) is 0.642. The molecule has 3 aromatic rings. The number of fused-ring (bicyclic) bond motifs is 3. The van der Waals surface area contributed by atoms with Gasteiger partial charge in [-0.1, -0.05) is 6.07 Å². The van der Waals surface area contributed by atoms with E-state index in [9.17, 15) is 0 Å². The van der Waals surface area contributed by atoms with E-state index in [1.54, 1.807) is 7.11 Å². The second kappa shape index (κ2) is 8.08. The third-order valence-electron chi connectivity index (χ3n) is 5.80. The number of aromatic amines is 1. The molecule has 5 rings (SSSR count). The molecule has 0 unspecified atom stereocenters. The fourth-order valence-corrected chi connectivity index (χ4v) is 4.42. The zero-order valence-electron chi connectivity index (χ0n) is 16.3. The fraction of sp³-hybridized carbons (Fsp3) is 0.381. The number of ether oxygens (including phenoxy) is 2. The minimum Gasteiger partial charge on any atom is -0.497 e. The number of carbonyl (C=O) groups is 1. The van der Waals surface area contributed by atoms with Crippen molar-refractivity contribution in [2.75, 3.05) is 31.7 Å². The van der Waals surface area contributed by atoms with Gasteiger partial charge in [-0.05, 0) is 48.6 Å². The van der Waals surface area contributed by atoms with Gasteiger partial charge in [-0.3, -0.25) is 9.89 Å². The molecule has 2 N–H and O–H groups in total. The lowest BCUT2D eigenvalue weighted by molar-refractivity contribution is -0.122. The van der Waals surface area contributed by atoms with E-state index in [-0.39, 0.29) is 12.1 Å². The fourth-order valence-electron chi connectivity index (χ4n) is 4.42. The van der Waals surface area contributed by atoms with Crippen LogP contribution in [0.25, 0.3) is 11.0 Å². The van der Waals surface area contributed by atoms with E-state index >= 15 is 0 Å². The zero-order valence-corrected chi connectivity index (χ0v) is 16.3. The van der Waals surface area contributed by atoms with Crippen LogP contribution in [-0.2, 0) is 21.6 Å². The number of anilines is 1. The molecule has 2 aromatic heterocycles. The van der Waals surface area contributed by atoms with Crippen molar-refractivity contribution in [3.05, 3.63) is 47.8 Å². The summed E-state index contributed by atoms with van der Waals surface area (Å²) in [5, 5.41) is 15.1. The van der Waals surface area contributed by atoms with Gasteiger partial charge in [0.25, 0.3) is 6.47 Å². The minimum absolute atomic E-state index is 0.168. The highest BCUT2D eigenvalue weighted by atomic mass is 16.5. The second-order valence-corrected chi connectivity index (χ2v) is 7.17. The van der Waals surface area contributed by atoms with Crippen LogP contribution in [0.4, 0.5) is 5.69 Å². The largest absolute Gasteiger partial charge is 0.497 e. The highest BCUT2D eigenvalue weighted by Crippen LogP contribution is 2.43. The zero-order chi connectivity index (χ0) is 20.3. The molecular weight excluding hydrogens is 372 g/mol. The Morgan fingerprint density at radius 1 is 1.31 bits per heavy atom. The van der Waals surface area contributed by atoms with Crippen LogP contribution in [0.2, 0.25) is 0 Å². The number of H-pyrrole nitrogens is 1. The van der Waals surface area contributed by atoms with Crippen molar-refractivity contribution in [2.24, 2.45) is 0 Å². The number of benzene rings is 1. The molecule has 1 saturated heterocycles. The number of nitrogens with one attached hydrogen (secondary N) is 1. The van der Waals surface area contributed by atoms with E-state index in [4.69, 9.17) is 19.4 Å². The van der Waals surface area contributed by atoms with Crippen LogP contribution in [0.5, 0.6) is 5.75 Å². The van der Waals surface area contributed by atoms with Crippen molar-refractivity contribution >= 4 is 23.2 Å². The van der Waals surface area contributed by atoms with E-state index in [2.05, 4.69) is 44.3 Å². The molecule has 0 amide bonds. The summed E-state index contributed by atoms with van der Waals surface area (Å²) in [5.41, 5.74) is 4.58. The molecule has 1 fully saturated rings. The molecule has 0 saturated carbocycles. The first kappa shape index (κ1) is 19.2. The van der Waals surface area contributed by atoms with E-state index in [0.29, 0.717) is 0 Å². The summed E-state index contributed by atoms with van der Waals surface area (Å²) in [4.78, 5) is 15.1. The van der Waals surface area contributed by atoms with E-state index < -0.39 is 0 Å². The van der Waals surface area contributed by atoms with Gasteiger partial charge in [0.2, 0.25) is 0 Å². The van der Waals surface area contributed by atoms with Gasteiger partial charge in [-0.2, -0.15) is 5.10 Å². The molecule has 8 nitrogen and oxygen atoms in total. The van der Waals surface area contributed by atoms with Gasteiger partial charge in [0.15, 0.2) is 5.65 Å². The molecular formula is C21H24N4O4. The molecule has 0 atom stereocenters. The topological polar surface area (TPSA) is 101 Å². The van der Waals surface area contributed by atoms with Crippen molar-refractivity contribution in [1.82, 2.24) is 15.2 Å². The number of hydrogen-bond acceptors (Lipinski definition) is 6. The summed E-state index contributed by atoms with van der Waals surface area (Å²) in [7, 11) is 1.72.